The van der Waals surface area contributed by atoms with E-state index in [0.717, 1.165) is 0 Å². The van der Waals surface area contributed by atoms with E-state index in [1.54, 1.807) is 0 Å². The average Bonchev–Trinajstić information content (AvgIpc) is 3.58. The molecule has 0 saturated carbocycles. The largest absolute Gasteiger partial charge is 0.311 e. The molecule has 0 spiro atoms. The highest BCUT2D eigenvalue weighted by Gasteiger charge is 2.44. The van der Waals surface area contributed by atoms with E-state index in [4.69, 9.17) is 0 Å². The minimum absolute atomic E-state index is 0.00640. The van der Waals surface area contributed by atoms with Crippen LogP contribution in [0.3, 0.4) is 0 Å². The Bertz CT molecular complexity index is 2920. The fourth-order valence-electron chi connectivity index (χ4n) is 9.36. The predicted octanol–water partition coefficient (Wildman–Crippen LogP) is 13.7. The van der Waals surface area contributed by atoms with Crippen LogP contribution in [-0.4, -0.2) is 6.71 Å². The maximum atomic E-state index is 2.56. The summed E-state index contributed by atoms with van der Waals surface area (Å²) in [7, 11) is 0. The van der Waals surface area contributed by atoms with Gasteiger partial charge in [-0.15, -0.1) is 11.3 Å². The fourth-order valence-corrected chi connectivity index (χ4v) is 10.5. The Morgan fingerprint density at radius 2 is 0.966 bits per heavy atom. The molecule has 0 aliphatic carbocycles. The molecule has 2 aliphatic heterocycles. The van der Waals surface area contributed by atoms with Crippen LogP contribution < -0.4 is 26.2 Å². The van der Waals surface area contributed by atoms with Gasteiger partial charge < -0.3 is 9.80 Å². The number of rotatable bonds is 3. The molecule has 0 fully saturated rings. The summed E-state index contributed by atoms with van der Waals surface area (Å²) >= 11 is 1.88. The third-order valence-corrected chi connectivity index (χ3v) is 13.7. The van der Waals surface area contributed by atoms with E-state index >= 15 is 0 Å². The van der Waals surface area contributed by atoms with Crippen LogP contribution in [0, 0.1) is 0 Å². The van der Waals surface area contributed by atoms with Crippen molar-refractivity contribution in [3.8, 4) is 11.1 Å². The van der Waals surface area contributed by atoms with Crippen molar-refractivity contribution < 1.29 is 0 Å². The molecule has 58 heavy (non-hydrogen) atoms. The fraction of sp³-hybridized carbons (Fsp3) is 0.222. The van der Waals surface area contributed by atoms with Gasteiger partial charge in [-0.25, -0.2) is 0 Å². The van der Waals surface area contributed by atoms with Crippen molar-refractivity contribution in [1.29, 1.82) is 0 Å². The van der Waals surface area contributed by atoms with Gasteiger partial charge in [0.2, 0.25) is 0 Å². The SMILES string of the molecule is CC(C)(C)c1ccc(N2c3cc(C(C)(C)C)ccc3B3c4ccc(C(C)(C)C)cc4N(c4cccc(-c5cccc6sc7ccccc7c56)c4)c4cccc2c43)cc1. The van der Waals surface area contributed by atoms with E-state index in [9.17, 15) is 0 Å². The Morgan fingerprint density at radius 1 is 0.431 bits per heavy atom. The van der Waals surface area contributed by atoms with Crippen molar-refractivity contribution in [2.45, 2.75) is 78.6 Å². The number of anilines is 6. The standard InChI is InChI=1S/C54H51BN2S/c1-52(2,3)35-23-27-38(28-24-35)56-44-19-14-20-45-51(44)55(42-29-25-36(32-46(42)56)53(4,5)6)43-30-26-37(54(7,8)9)33-47(43)57(45)39-16-12-15-34(31-39)40-18-13-22-49-50(40)41-17-10-11-21-48(41)58-49/h10-33H,1-9H3. The van der Waals surface area contributed by atoms with Crippen molar-refractivity contribution in [3.63, 3.8) is 0 Å². The molecule has 0 N–H and O–H groups in total. The van der Waals surface area contributed by atoms with Crippen LogP contribution in [0.25, 0.3) is 31.3 Å². The smallest absolute Gasteiger partial charge is 0.252 e. The molecule has 2 aliphatic rings. The highest BCUT2D eigenvalue weighted by Crippen LogP contribution is 2.47. The van der Waals surface area contributed by atoms with Crippen molar-refractivity contribution in [2.24, 2.45) is 0 Å². The van der Waals surface area contributed by atoms with Crippen LogP contribution in [0.15, 0.2) is 146 Å². The number of hydrogen-bond donors (Lipinski definition) is 0. The molecule has 0 unspecified atom stereocenters. The van der Waals surface area contributed by atoms with E-state index < -0.39 is 0 Å². The highest BCUT2D eigenvalue weighted by molar-refractivity contribution is 7.26. The van der Waals surface area contributed by atoms with Gasteiger partial charge in [0.15, 0.2) is 0 Å². The molecule has 4 heteroatoms. The van der Waals surface area contributed by atoms with Crippen LogP contribution in [0.2, 0.25) is 0 Å². The normalized spacial score (nSPS) is 13.8. The van der Waals surface area contributed by atoms with Crippen LogP contribution in [0.1, 0.15) is 79.0 Å². The molecular formula is C54H51BN2S. The Labute approximate surface area is 348 Å². The maximum Gasteiger partial charge on any atom is 0.252 e. The molecule has 7 aromatic carbocycles. The number of fused-ring (bicyclic) bond motifs is 7. The zero-order chi connectivity index (χ0) is 40.3. The summed E-state index contributed by atoms with van der Waals surface area (Å²) < 4.78 is 2.65. The second-order valence-corrected chi connectivity index (χ2v) is 20.6. The monoisotopic (exact) mass is 770 g/mol. The van der Waals surface area contributed by atoms with Gasteiger partial charge in [-0.2, -0.15) is 0 Å². The van der Waals surface area contributed by atoms with Crippen LogP contribution >= 0.6 is 11.3 Å². The average molecular weight is 771 g/mol. The Morgan fingerprint density at radius 3 is 1.59 bits per heavy atom. The Kier molecular flexibility index (Phi) is 8.21. The zero-order valence-corrected chi connectivity index (χ0v) is 36.1. The molecule has 8 aromatic rings. The zero-order valence-electron chi connectivity index (χ0n) is 35.2. The molecule has 0 radical (unpaired) electrons. The van der Waals surface area contributed by atoms with Gasteiger partial charge in [0.1, 0.15) is 0 Å². The molecule has 10 rings (SSSR count). The number of thiophene rings is 1. The highest BCUT2D eigenvalue weighted by atomic mass is 32.1. The van der Waals surface area contributed by atoms with Gasteiger partial charge >= 0.3 is 0 Å². The number of benzene rings is 7. The molecule has 3 heterocycles. The van der Waals surface area contributed by atoms with Gasteiger partial charge in [-0.3, -0.25) is 0 Å². The number of nitrogens with zero attached hydrogens (tertiary/aromatic N) is 2. The van der Waals surface area contributed by atoms with E-state index in [0.29, 0.717) is 0 Å². The molecular weight excluding hydrogens is 719 g/mol. The van der Waals surface area contributed by atoms with Crippen molar-refractivity contribution in [2.75, 3.05) is 9.80 Å². The summed E-state index contributed by atoms with van der Waals surface area (Å²) in [5.74, 6) is 0. The molecule has 286 valence electrons. The summed E-state index contributed by atoms with van der Waals surface area (Å²) in [5, 5.41) is 2.66. The van der Waals surface area contributed by atoms with Gasteiger partial charge in [-0.05, 0) is 121 Å². The Balaban J connectivity index is 1.23. The predicted molar refractivity (Wildman–Crippen MR) is 255 cm³/mol. The lowest BCUT2D eigenvalue weighted by atomic mass is 9.33. The second-order valence-electron chi connectivity index (χ2n) is 19.5. The lowest BCUT2D eigenvalue weighted by Gasteiger charge is -2.45. The van der Waals surface area contributed by atoms with E-state index in [1.807, 2.05) is 11.3 Å². The first-order chi connectivity index (χ1) is 27.7. The third-order valence-electron chi connectivity index (χ3n) is 12.5. The quantitative estimate of drug-likeness (QED) is 0.165. The van der Waals surface area contributed by atoms with Crippen molar-refractivity contribution >= 4 is 88.7 Å². The van der Waals surface area contributed by atoms with Crippen LogP contribution in [-0.2, 0) is 16.2 Å². The molecule has 0 amide bonds. The van der Waals surface area contributed by atoms with Gasteiger partial charge in [0, 0.05) is 54.3 Å². The Hall–Kier alpha value is -5.58. The maximum absolute atomic E-state index is 2.56. The molecule has 0 bridgehead atoms. The van der Waals surface area contributed by atoms with Crippen LogP contribution in [0.5, 0.6) is 0 Å². The minimum atomic E-state index is -0.0115. The van der Waals surface area contributed by atoms with E-state index in [2.05, 4.69) is 218 Å². The van der Waals surface area contributed by atoms with E-state index in [1.165, 1.54) is 98.5 Å². The molecule has 1 aromatic heterocycles. The first-order valence-corrected chi connectivity index (χ1v) is 21.6. The lowest BCUT2D eigenvalue weighted by Crippen LogP contribution is -2.61. The third kappa shape index (κ3) is 5.82. The molecule has 0 atom stereocenters. The number of hydrogen-bond acceptors (Lipinski definition) is 3. The lowest BCUT2D eigenvalue weighted by molar-refractivity contribution is 0.590. The van der Waals surface area contributed by atoms with E-state index in [-0.39, 0.29) is 23.0 Å². The first kappa shape index (κ1) is 36.7. The second kappa shape index (κ2) is 13.0. The summed E-state index contributed by atoms with van der Waals surface area (Å²) in [6, 6.07) is 55.7. The first-order valence-electron chi connectivity index (χ1n) is 20.8. The summed E-state index contributed by atoms with van der Waals surface area (Å²) in [6.07, 6.45) is 0. The van der Waals surface area contributed by atoms with Gasteiger partial charge in [0.05, 0.1) is 0 Å². The minimum Gasteiger partial charge on any atom is -0.311 e. The topological polar surface area (TPSA) is 6.48 Å². The van der Waals surface area contributed by atoms with Gasteiger partial charge in [-0.1, -0.05) is 147 Å². The molecule has 2 nitrogen and oxygen atoms in total. The summed E-state index contributed by atoms with van der Waals surface area (Å²) in [5.41, 5.74) is 18.0. The van der Waals surface area contributed by atoms with Gasteiger partial charge in [0.25, 0.3) is 6.71 Å². The van der Waals surface area contributed by atoms with Crippen molar-refractivity contribution in [1.82, 2.24) is 0 Å². The summed E-state index contributed by atoms with van der Waals surface area (Å²) in [6.45, 7) is 20.9. The van der Waals surface area contributed by atoms with Crippen molar-refractivity contribution in [3.05, 3.63) is 162 Å². The molecule has 0 saturated heterocycles. The van der Waals surface area contributed by atoms with Crippen LogP contribution in [0.4, 0.5) is 34.1 Å². The summed E-state index contributed by atoms with van der Waals surface area (Å²) in [4.78, 5) is 5.10.